The third-order valence-electron chi connectivity index (χ3n) is 2.16. The van der Waals surface area contributed by atoms with E-state index in [-0.39, 0.29) is 0 Å². The molecule has 0 atom stereocenters. The Morgan fingerprint density at radius 3 is 2.62 bits per heavy atom. The van der Waals surface area contributed by atoms with Crippen LogP contribution in [0.4, 0.5) is 10.6 Å². The van der Waals surface area contributed by atoms with Crippen LogP contribution in [0.5, 0.6) is 0 Å². The van der Waals surface area contributed by atoms with Gasteiger partial charge in [0.25, 0.3) is 0 Å². The third kappa shape index (κ3) is 2.03. The maximum absolute atomic E-state index is 10.6. The monoisotopic (exact) mass is 217 g/mol. The topological polar surface area (TPSA) is 67.2 Å². The van der Waals surface area contributed by atoms with Gasteiger partial charge in [0.05, 0.1) is 11.9 Å². The first-order chi connectivity index (χ1) is 7.66. The lowest BCUT2D eigenvalue weighted by atomic mass is 10.2. The zero-order chi connectivity index (χ0) is 11.5. The van der Waals surface area contributed by atoms with Crippen LogP contribution >= 0.6 is 0 Å². The van der Waals surface area contributed by atoms with Gasteiger partial charge in [-0.25, -0.2) is 9.48 Å². The molecule has 1 aromatic carbocycles. The Labute approximate surface area is 92.3 Å². The summed E-state index contributed by atoms with van der Waals surface area (Å²) in [5.74, 6) is 0.427. The van der Waals surface area contributed by atoms with E-state index in [1.54, 1.807) is 12.3 Å². The van der Waals surface area contributed by atoms with Crippen molar-refractivity contribution in [1.82, 2.24) is 9.78 Å². The second-order valence-corrected chi connectivity index (χ2v) is 3.39. The summed E-state index contributed by atoms with van der Waals surface area (Å²) in [5, 5.41) is 15.0. The quantitative estimate of drug-likeness (QED) is 0.810. The van der Waals surface area contributed by atoms with E-state index in [1.165, 1.54) is 4.68 Å². The molecule has 0 radical (unpaired) electrons. The summed E-state index contributed by atoms with van der Waals surface area (Å²) in [6, 6.07) is 9.27. The maximum Gasteiger partial charge on any atom is 0.410 e. The highest BCUT2D eigenvalue weighted by Crippen LogP contribution is 2.15. The number of nitrogens with one attached hydrogen (secondary N) is 1. The van der Waals surface area contributed by atoms with E-state index < -0.39 is 6.09 Å². The van der Waals surface area contributed by atoms with E-state index in [9.17, 15) is 4.79 Å². The number of rotatable bonds is 2. The van der Waals surface area contributed by atoms with Crippen molar-refractivity contribution in [3.8, 4) is 5.69 Å². The van der Waals surface area contributed by atoms with Crippen molar-refractivity contribution in [2.24, 2.45) is 0 Å². The van der Waals surface area contributed by atoms with E-state index in [0.29, 0.717) is 5.82 Å². The highest BCUT2D eigenvalue weighted by atomic mass is 16.4. The van der Waals surface area contributed by atoms with Crippen LogP contribution in [-0.4, -0.2) is 21.0 Å². The van der Waals surface area contributed by atoms with Gasteiger partial charge in [-0.1, -0.05) is 17.7 Å². The van der Waals surface area contributed by atoms with Crippen molar-refractivity contribution >= 4 is 11.9 Å². The summed E-state index contributed by atoms with van der Waals surface area (Å²) in [5.41, 5.74) is 1.96. The van der Waals surface area contributed by atoms with Gasteiger partial charge in [0.15, 0.2) is 0 Å². The van der Waals surface area contributed by atoms with E-state index in [1.807, 2.05) is 31.2 Å². The van der Waals surface area contributed by atoms with Gasteiger partial charge >= 0.3 is 6.09 Å². The molecule has 5 heteroatoms. The van der Waals surface area contributed by atoms with E-state index >= 15 is 0 Å². The van der Waals surface area contributed by atoms with E-state index in [0.717, 1.165) is 11.3 Å². The fraction of sp³-hybridized carbons (Fsp3) is 0.0909. The summed E-state index contributed by atoms with van der Waals surface area (Å²) in [7, 11) is 0. The van der Waals surface area contributed by atoms with Crippen molar-refractivity contribution in [1.29, 1.82) is 0 Å². The SMILES string of the molecule is Cc1ccc(-n2nccc2NC(=O)O)cc1. The Hall–Kier alpha value is -2.30. The van der Waals surface area contributed by atoms with Crippen LogP contribution in [0, 0.1) is 6.92 Å². The number of aromatic nitrogens is 2. The Balaban J connectivity index is 2.36. The molecule has 82 valence electrons. The minimum absolute atomic E-state index is 0.427. The Bertz CT molecular complexity index is 502. The molecule has 0 saturated carbocycles. The number of hydrogen-bond acceptors (Lipinski definition) is 2. The molecule has 5 nitrogen and oxygen atoms in total. The van der Waals surface area contributed by atoms with Crippen LogP contribution < -0.4 is 5.32 Å². The Kier molecular flexibility index (Phi) is 2.59. The van der Waals surface area contributed by atoms with Crippen LogP contribution in [0.2, 0.25) is 0 Å². The molecule has 0 unspecified atom stereocenters. The minimum Gasteiger partial charge on any atom is -0.465 e. The molecule has 0 bridgehead atoms. The average molecular weight is 217 g/mol. The molecule has 1 aromatic heterocycles. The van der Waals surface area contributed by atoms with Crippen LogP contribution in [-0.2, 0) is 0 Å². The lowest BCUT2D eigenvalue weighted by molar-refractivity contribution is 0.209. The summed E-state index contributed by atoms with van der Waals surface area (Å²) in [4.78, 5) is 10.6. The molecule has 1 amide bonds. The molecule has 2 aromatic rings. The Morgan fingerprint density at radius 2 is 2.00 bits per heavy atom. The van der Waals surface area contributed by atoms with Gasteiger partial charge in [-0.05, 0) is 19.1 Å². The van der Waals surface area contributed by atoms with Crippen molar-refractivity contribution in [3.63, 3.8) is 0 Å². The zero-order valence-electron chi connectivity index (χ0n) is 8.71. The molecule has 0 aliphatic heterocycles. The Morgan fingerprint density at radius 1 is 1.31 bits per heavy atom. The molecule has 0 fully saturated rings. The van der Waals surface area contributed by atoms with E-state index in [4.69, 9.17) is 5.11 Å². The van der Waals surface area contributed by atoms with Crippen molar-refractivity contribution in [2.75, 3.05) is 5.32 Å². The normalized spacial score (nSPS) is 10.1. The largest absolute Gasteiger partial charge is 0.465 e. The number of hydrogen-bond donors (Lipinski definition) is 2. The second-order valence-electron chi connectivity index (χ2n) is 3.39. The number of aryl methyl sites for hydroxylation is 1. The van der Waals surface area contributed by atoms with Crippen molar-refractivity contribution < 1.29 is 9.90 Å². The van der Waals surface area contributed by atoms with Gasteiger partial charge in [0.1, 0.15) is 5.82 Å². The highest BCUT2D eigenvalue weighted by molar-refractivity contribution is 5.81. The van der Waals surface area contributed by atoms with Gasteiger partial charge in [-0.15, -0.1) is 0 Å². The smallest absolute Gasteiger partial charge is 0.410 e. The first-order valence-corrected chi connectivity index (χ1v) is 4.78. The fourth-order valence-electron chi connectivity index (χ4n) is 1.40. The molecular formula is C11H11N3O2. The number of amides is 1. The lowest BCUT2D eigenvalue weighted by Gasteiger charge is -2.06. The first kappa shape index (κ1) is 10.2. The van der Waals surface area contributed by atoms with Crippen LogP contribution in [0.1, 0.15) is 5.56 Å². The standard InChI is InChI=1S/C11H11N3O2/c1-8-2-4-9(5-3-8)14-10(6-7-12-14)13-11(15)16/h2-7,13H,1H3,(H,15,16). The van der Waals surface area contributed by atoms with Gasteiger partial charge in [-0.3, -0.25) is 5.32 Å². The van der Waals surface area contributed by atoms with Crippen LogP contribution in [0.3, 0.4) is 0 Å². The number of benzene rings is 1. The second kappa shape index (κ2) is 4.06. The molecular weight excluding hydrogens is 206 g/mol. The van der Waals surface area contributed by atoms with Gasteiger partial charge < -0.3 is 5.11 Å². The molecule has 0 saturated heterocycles. The summed E-state index contributed by atoms with van der Waals surface area (Å²) in [6.45, 7) is 1.99. The predicted octanol–water partition coefficient (Wildman–Crippen LogP) is 2.27. The summed E-state index contributed by atoms with van der Waals surface area (Å²) >= 11 is 0. The highest BCUT2D eigenvalue weighted by Gasteiger charge is 2.06. The van der Waals surface area contributed by atoms with Gasteiger partial charge in [0, 0.05) is 6.07 Å². The predicted molar refractivity (Wildman–Crippen MR) is 59.9 cm³/mol. The average Bonchev–Trinajstić information content (AvgIpc) is 2.66. The summed E-state index contributed by atoms with van der Waals surface area (Å²) < 4.78 is 1.54. The number of carbonyl (C=O) groups is 1. The molecule has 2 N–H and O–H groups in total. The molecule has 0 spiro atoms. The summed E-state index contributed by atoms with van der Waals surface area (Å²) in [6.07, 6.45) is 0.444. The van der Waals surface area contributed by atoms with Gasteiger partial charge in [-0.2, -0.15) is 5.10 Å². The number of nitrogens with zero attached hydrogens (tertiary/aromatic N) is 2. The van der Waals surface area contributed by atoms with Crippen molar-refractivity contribution in [2.45, 2.75) is 6.92 Å². The molecule has 0 aliphatic rings. The van der Waals surface area contributed by atoms with Gasteiger partial charge in [0.2, 0.25) is 0 Å². The van der Waals surface area contributed by atoms with Crippen LogP contribution in [0.25, 0.3) is 5.69 Å². The van der Waals surface area contributed by atoms with E-state index in [2.05, 4.69) is 10.4 Å². The lowest BCUT2D eigenvalue weighted by Crippen LogP contribution is -2.11. The number of carboxylic acid groups (broad SMARTS) is 1. The zero-order valence-corrected chi connectivity index (χ0v) is 8.71. The minimum atomic E-state index is -1.10. The molecule has 16 heavy (non-hydrogen) atoms. The fourth-order valence-corrected chi connectivity index (χ4v) is 1.40. The number of anilines is 1. The molecule has 0 aliphatic carbocycles. The molecule has 2 rings (SSSR count). The van der Waals surface area contributed by atoms with Crippen LogP contribution in [0.15, 0.2) is 36.5 Å². The maximum atomic E-state index is 10.6. The van der Waals surface area contributed by atoms with Crippen molar-refractivity contribution in [3.05, 3.63) is 42.1 Å². The third-order valence-corrected chi connectivity index (χ3v) is 2.16. The molecule has 1 heterocycles. The first-order valence-electron chi connectivity index (χ1n) is 4.78.